The molecular formula is C32H37N5O3. The van der Waals surface area contributed by atoms with Crippen LogP contribution in [0.25, 0.3) is 33.3 Å². The van der Waals surface area contributed by atoms with E-state index in [4.69, 9.17) is 14.7 Å². The van der Waals surface area contributed by atoms with Gasteiger partial charge in [-0.3, -0.25) is 9.78 Å². The van der Waals surface area contributed by atoms with Gasteiger partial charge in [-0.25, -0.2) is 4.98 Å². The molecule has 1 amide bonds. The fourth-order valence-electron chi connectivity index (χ4n) is 5.94. The van der Waals surface area contributed by atoms with Crippen molar-refractivity contribution >= 4 is 16.7 Å². The van der Waals surface area contributed by atoms with Crippen LogP contribution in [0.15, 0.2) is 54.7 Å². The zero-order valence-corrected chi connectivity index (χ0v) is 23.1. The van der Waals surface area contributed by atoms with Crippen molar-refractivity contribution in [2.75, 3.05) is 32.8 Å². The van der Waals surface area contributed by atoms with Gasteiger partial charge in [-0.15, -0.1) is 0 Å². The predicted molar refractivity (Wildman–Crippen MR) is 156 cm³/mol. The van der Waals surface area contributed by atoms with E-state index in [2.05, 4.69) is 34.1 Å². The molecule has 0 aliphatic carbocycles. The number of phenols is 1. The van der Waals surface area contributed by atoms with Crippen LogP contribution >= 0.6 is 0 Å². The summed E-state index contributed by atoms with van der Waals surface area (Å²) >= 11 is 0. The molecule has 0 unspecified atom stereocenters. The first-order valence-electron chi connectivity index (χ1n) is 14.4. The Kier molecular flexibility index (Phi) is 7.80. The number of carbonyl (C=O) groups excluding carboxylic acids is 1. The van der Waals surface area contributed by atoms with E-state index in [-0.39, 0.29) is 11.7 Å². The minimum absolute atomic E-state index is 0.0918. The van der Waals surface area contributed by atoms with Gasteiger partial charge in [0, 0.05) is 61.9 Å². The van der Waals surface area contributed by atoms with E-state index in [0.29, 0.717) is 19.0 Å². The van der Waals surface area contributed by atoms with E-state index >= 15 is 0 Å². The van der Waals surface area contributed by atoms with Crippen LogP contribution in [-0.4, -0.2) is 63.3 Å². The molecule has 8 heteroatoms. The summed E-state index contributed by atoms with van der Waals surface area (Å²) in [5.74, 6) is 1.82. The highest BCUT2D eigenvalue weighted by Crippen LogP contribution is 2.37. The molecule has 0 saturated carbocycles. The molecule has 3 aliphatic heterocycles. The van der Waals surface area contributed by atoms with Crippen molar-refractivity contribution in [1.29, 1.82) is 0 Å². The molecule has 7 rings (SSSR count). The van der Waals surface area contributed by atoms with E-state index in [9.17, 15) is 9.90 Å². The van der Waals surface area contributed by atoms with Crippen LogP contribution in [0.4, 0.5) is 0 Å². The van der Waals surface area contributed by atoms with Gasteiger partial charge in [-0.05, 0) is 74.5 Å². The lowest BCUT2D eigenvalue weighted by Gasteiger charge is -2.30. The lowest BCUT2D eigenvalue weighted by molar-refractivity contribution is -0.130. The second-order valence-electron chi connectivity index (χ2n) is 10.8. The van der Waals surface area contributed by atoms with Gasteiger partial charge in [0.25, 0.3) is 0 Å². The molecule has 0 atom stereocenters. The third kappa shape index (κ3) is 5.46. The molecule has 0 bridgehead atoms. The monoisotopic (exact) mass is 539 g/mol. The minimum atomic E-state index is 0.0918. The maximum Gasteiger partial charge on any atom is 0.219 e. The molecule has 4 aromatic rings. The average molecular weight is 540 g/mol. The first-order valence-corrected chi connectivity index (χ1v) is 14.4. The second kappa shape index (κ2) is 11.8. The van der Waals surface area contributed by atoms with Gasteiger partial charge in [0.1, 0.15) is 11.6 Å². The number of benzene rings is 2. The summed E-state index contributed by atoms with van der Waals surface area (Å²) in [6.45, 7) is 7.71. The van der Waals surface area contributed by atoms with Crippen LogP contribution in [0.2, 0.25) is 0 Å². The summed E-state index contributed by atoms with van der Waals surface area (Å²) < 4.78 is 7.95. The number of imidazole rings is 1. The molecule has 8 nitrogen and oxygen atoms in total. The minimum Gasteiger partial charge on any atom is -0.508 e. The van der Waals surface area contributed by atoms with E-state index in [1.165, 1.54) is 25.9 Å². The van der Waals surface area contributed by atoms with Crippen LogP contribution in [0.5, 0.6) is 5.75 Å². The number of nitrogens with one attached hydrogen (secondary N) is 1. The van der Waals surface area contributed by atoms with Gasteiger partial charge in [0.2, 0.25) is 5.91 Å². The van der Waals surface area contributed by atoms with Crippen molar-refractivity contribution in [1.82, 2.24) is 24.8 Å². The van der Waals surface area contributed by atoms with E-state index in [0.717, 1.165) is 77.4 Å². The molecule has 0 spiro atoms. The van der Waals surface area contributed by atoms with Crippen molar-refractivity contribution in [2.45, 2.75) is 51.6 Å². The number of fused-ring (bicyclic) bond motifs is 2. The van der Waals surface area contributed by atoms with Crippen LogP contribution in [-0.2, 0) is 22.6 Å². The fourth-order valence-corrected chi connectivity index (χ4v) is 5.94. The maximum absolute atomic E-state index is 12.2. The number of hydrogen-bond acceptors (Lipinski definition) is 6. The van der Waals surface area contributed by atoms with Crippen molar-refractivity contribution in [2.24, 2.45) is 0 Å². The van der Waals surface area contributed by atoms with E-state index < -0.39 is 0 Å². The van der Waals surface area contributed by atoms with Crippen LogP contribution < -0.4 is 5.32 Å². The molecule has 2 aromatic carbocycles. The number of aromatic nitrogens is 3. The van der Waals surface area contributed by atoms with Crippen molar-refractivity contribution < 1.29 is 14.6 Å². The van der Waals surface area contributed by atoms with Gasteiger partial charge in [-0.2, -0.15) is 0 Å². The Morgan fingerprint density at radius 2 is 1.82 bits per heavy atom. The quantitative estimate of drug-likeness (QED) is 0.377. The molecule has 0 radical (unpaired) electrons. The topological polar surface area (TPSA) is 92.5 Å². The summed E-state index contributed by atoms with van der Waals surface area (Å²) in [6, 6.07) is 15.4. The molecule has 40 heavy (non-hydrogen) atoms. The molecule has 3 aliphatic rings. The summed E-state index contributed by atoms with van der Waals surface area (Å²) in [5, 5.41) is 15.0. The summed E-state index contributed by atoms with van der Waals surface area (Å²) in [4.78, 5) is 24.1. The fraction of sp³-hybridized carbons (Fsp3) is 0.406. The number of aromatic hydroxyl groups is 1. The average Bonchev–Trinajstić information content (AvgIpc) is 3.70. The number of nitrogens with zero attached hydrogens (tertiary/aromatic N) is 4. The summed E-state index contributed by atoms with van der Waals surface area (Å²) in [7, 11) is 0. The predicted octanol–water partition coefficient (Wildman–Crippen LogP) is 5.10. The highest BCUT2D eigenvalue weighted by Gasteiger charge is 2.30. The van der Waals surface area contributed by atoms with Gasteiger partial charge < -0.3 is 24.6 Å². The number of ether oxygens (including phenoxy) is 1. The standard InChI is InChI=1S/C28H28N4O3.C4H9N/c1-18(33)31-11-12-32-26(17-31)27(30-28(32)20-9-13-35-14-10-20)23-4-2-3-21-15-25(29-16-24(21)23)19-5-7-22(34)8-6-19;1-2-4-5-3-1/h2-8,15-16,20,34H,9-14,17H2,1H3;5H,1-4H2. The normalized spacial score (nSPS) is 17.4. The van der Waals surface area contributed by atoms with Crippen LogP contribution in [0.1, 0.15) is 50.0 Å². The summed E-state index contributed by atoms with van der Waals surface area (Å²) in [6.07, 6.45) is 6.64. The largest absolute Gasteiger partial charge is 0.508 e. The first kappa shape index (κ1) is 26.5. The second-order valence-corrected chi connectivity index (χ2v) is 10.8. The number of rotatable bonds is 3. The number of hydrogen-bond donors (Lipinski definition) is 2. The van der Waals surface area contributed by atoms with Crippen molar-refractivity contribution in [3.05, 3.63) is 66.2 Å². The van der Waals surface area contributed by atoms with Crippen LogP contribution in [0, 0.1) is 0 Å². The Morgan fingerprint density at radius 3 is 2.52 bits per heavy atom. The Bertz CT molecular complexity index is 1480. The van der Waals surface area contributed by atoms with E-state index in [1.54, 1.807) is 19.1 Å². The molecular weight excluding hydrogens is 502 g/mol. The molecule has 2 aromatic heterocycles. The zero-order valence-electron chi connectivity index (χ0n) is 23.1. The third-order valence-corrected chi connectivity index (χ3v) is 8.21. The Morgan fingerprint density at radius 1 is 1.05 bits per heavy atom. The molecule has 2 saturated heterocycles. The van der Waals surface area contributed by atoms with Gasteiger partial charge in [0.15, 0.2) is 0 Å². The molecule has 2 fully saturated rings. The zero-order chi connectivity index (χ0) is 27.5. The van der Waals surface area contributed by atoms with Crippen molar-refractivity contribution in [3.63, 3.8) is 0 Å². The summed E-state index contributed by atoms with van der Waals surface area (Å²) in [5.41, 5.74) is 4.89. The maximum atomic E-state index is 12.2. The highest BCUT2D eigenvalue weighted by atomic mass is 16.5. The molecule has 5 heterocycles. The van der Waals surface area contributed by atoms with Gasteiger partial charge in [-0.1, -0.05) is 18.2 Å². The molecule has 208 valence electrons. The lowest BCUT2D eigenvalue weighted by Crippen LogP contribution is -2.37. The van der Waals surface area contributed by atoms with E-state index in [1.807, 2.05) is 23.2 Å². The Balaban J connectivity index is 0.000000523. The van der Waals surface area contributed by atoms with Gasteiger partial charge in [0.05, 0.1) is 23.6 Å². The smallest absolute Gasteiger partial charge is 0.219 e. The van der Waals surface area contributed by atoms with Gasteiger partial charge >= 0.3 is 0 Å². The number of amides is 1. The Hall–Kier alpha value is -3.75. The van der Waals surface area contributed by atoms with Crippen LogP contribution in [0.3, 0.4) is 0 Å². The lowest BCUT2D eigenvalue weighted by atomic mass is 9.99. The Labute approximate surface area is 235 Å². The number of pyridine rings is 1. The first-order chi connectivity index (χ1) is 19.6. The van der Waals surface area contributed by atoms with Crippen molar-refractivity contribution in [3.8, 4) is 28.3 Å². The third-order valence-electron chi connectivity index (χ3n) is 8.21. The number of carbonyl (C=O) groups is 1. The SMILES string of the molecule is C1CCNC1.CC(=O)N1CCn2c(C3CCOCC3)nc(-c3cccc4cc(-c5ccc(O)cc5)ncc34)c2C1. The number of phenolic OH excluding ortho intramolecular Hbond substituents is 1. The highest BCUT2D eigenvalue weighted by molar-refractivity contribution is 5.97. The molecule has 2 N–H and O–H groups in total.